The van der Waals surface area contributed by atoms with E-state index in [-0.39, 0.29) is 0 Å². The van der Waals surface area contributed by atoms with Crippen molar-refractivity contribution < 1.29 is 0 Å². The highest BCUT2D eigenvalue weighted by molar-refractivity contribution is 5.51. The Balaban J connectivity index is 0.000000191. The van der Waals surface area contributed by atoms with Gasteiger partial charge in [-0.1, -0.05) is 78.9 Å². The summed E-state index contributed by atoms with van der Waals surface area (Å²) in [6.07, 6.45) is 4.04. The van der Waals surface area contributed by atoms with Crippen molar-refractivity contribution in [3.8, 4) is 0 Å². The van der Waals surface area contributed by atoms with Crippen LogP contribution in [-0.2, 0) is 0 Å². The lowest BCUT2D eigenvalue weighted by Gasteiger charge is -1.95. The van der Waals surface area contributed by atoms with Gasteiger partial charge in [0.1, 0.15) is 0 Å². The van der Waals surface area contributed by atoms with Crippen LogP contribution in [0.4, 0.5) is 0 Å². The molecule has 0 N–H and O–H groups in total. The molecule has 0 aliphatic heterocycles. The lowest BCUT2D eigenvalue weighted by atomic mass is 10.1. The van der Waals surface area contributed by atoms with Crippen molar-refractivity contribution in [2.24, 2.45) is 0 Å². The van der Waals surface area contributed by atoms with E-state index in [9.17, 15) is 0 Å². The summed E-state index contributed by atoms with van der Waals surface area (Å²) in [5.41, 5.74) is 5.12. The number of hydrogen-bond acceptors (Lipinski definition) is 0. The molecule has 0 amide bonds. The first-order chi connectivity index (χ1) is 9.13. The summed E-state index contributed by atoms with van der Waals surface area (Å²) in [4.78, 5) is 0. The second kappa shape index (κ2) is 8.10. The molecule has 0 fully saturated rings. The molecule has 0 aliphatic rings. The predicted molar refractivity (Wildman–Crippen MR) is 87.0 cm³/mol. The highest BCUT2D eigenvalue weighted by Crippen LogP contribution is 2.06. The van der Waals surface area contributed by atoms with Gasteiger partial charge in [-0.15, -0.1) is 0 Å². The maximum absolute atomic E-state index is 3.69. The van der Waals surface area contributed by atoms with E-state index in [1.54, 1.807) is 0 Å². The molecule has 98 valence electrons. The van der Waals surface area contributed by atoms with E-state index in [2.05, 4.69) is 69.8 Å². The third-order valence-electron chi connectivity index (χ3n) is 2.66. The minimum Gasteiger partial charge on any atom is -0.0985 e. The molecular weight excluding hydrogens is 228 g/mol. The van der Waals surface area contributed by atoms with Crippen molar-refractivity contribution in [3.05, 3.63) is 83.4 Å². The van der Waals surface area contributed by atoms with Crippen LogP contribution in [0.2, 0.25) is 0 Å². The van der Waals surface area contributed by atoms with Gasteiger partial charge in [-0.2, -0.15) is 0 Å². The van der Waals surface area contributed by atoms with Crippen molar-refractivity contribution in [2.45, 2.75) is 20.8 Å². The van der Waals surface area contributed by atoms with Crippen molar-refractivity contribution in [1.29, 1.82) is 0 Å². The van der Waals surface area contributed by atoms with Crippen molar-refractivity contribution in [1.82, 2.24) is 0 Å². The molecule has 0 aliphatic carbocycles. The second-order valence-electron chi connectivity index (χ2n) is 4.69. The molecule has 2 aromatic rings. The maximum atomic E-state index is 3.69. The molecule has 0 nitrogen and oxygen atoms in total. The van der Waals surface area contributed by atoms with Gasteiger partial charge in [0.15, 0.2) is 0 Å². The zero-order valence-corrected chi connectivity index (χ0v) is 12.1. The van der Waals surface area contributed by atoms with Gasteiger partial charge in [-0.25, -0.2) is 0 Å². The summed E-state index contributed by atoms with van der Waals surface area (Å²) >= 11 is 0. The van der Waals surface area contributed by atoms with Crippen LogP contribution in [0, 0.1) is 6.92 Å². The van der Waals surface area contributed by atoms with E-state index in [4.69, 9.17) is 0 Å². The molecule has 0 unspecified atom stereocenters. The Morgan fingerprint density at radius 1 is 0.895 bits per heavy atom. The first-order valence-electron chi connectivity index (χ1n) is 6.51. The SMILES string of the molecule is C=Cc1ccccc1C.CC(C)=Cc1ccccc1. The smallest absolute Gasteiger partial charge is 0.0233 e. The Morgan fingerprint density at radius 2 is 1.47 bits per heavy atom. The molecule has 0 saturated carbocycles. The average molecular weight is 250 g/mol. The van der Waals surface area contributed by atoms with Crippen LogP contribution in [0.1, 0.15) is 30.5 Å². The quantitative estimate of drug-likeness (QED) is 0.636. The van der Waals surface area contributed by atoms with Crippen molar-refractivity contribution in [2.75, 3.05) is 0 Å². The molecule has 0 heterocycles. The van der Waals surface area contributed by atoms with Crippen LogP contribution in [0.5, 0.6) is 0 Å². The van der Waals surface area contributed by atoms with E-state index in [0.29, 0.717) is 0 Å². The van der Waals surface area contributed by atoms with Crippen LogP contribution >= 0.6 is 0 Å². The fourth-order valence-corrected chi connectivity index (χ4v) is 1.70. The van der Waals surface area contributed by atoms with Crippen LogP contribution in [0.15, 0.2) is 66.7 Å². The summed E-state index contributed by atoms with van der Waals surface area (Å²) in [5.74, 6) is 0. The first kappa shape index (κ1) is 15.0. The summed E-state index contributed by atoms with van der Waals surface area (Å²) in [5, 5.41) is 0. The zero-order valence-electron chi connectivity index (χ0n) is 12.1. The second-order valence-corrected chi connectivity index (χ2v) is 4.69. The van der Waals surface area contributed by atoms with Crippen LogP contribution in [-0.4, -0.2) is 0 Å². The highest BCUT2D eigenvalue weighted by atomic mass is 13.9. The zero-order chi connectivity index (χ0) is 14.1. The molecule has 2 rings (SSSR count). The van der Waals surface area contributed by atoms with Gasteiger partial charge in [-0.05, 0) is 37.5 Å². The summed E-state index contributed by atoms with van der Waals surface area (Å²) in [6, 6.07) is 18.5. The van der Waals surface area contributed by atoms with E-state index >= 15 is 0 Å². The van der Waals surface area contributed by atoms with Crippen LogP contribution in [0.3, 0.4) is 0 Å². The molecule has 0 bridgehead atoms. The van der Waals surface area contributed by atoms with E-state index in [0.717, 1.165) is 0 Å². The summed E-state index contributed by atoms with van der Waals surface area (Å²) in [6.45, 7) is 9.98. The molecule has 0 atom stereocenters. The standard InChI is InChI=1S/C10H12.C9H10/c1-9(2)8-10-6-4-3-5-7-10;1-3-9-7-5-4-6-8(9)2/h3-8H,1-2H3;3-7H,1H2,2H3. The molecule has 0 saturated heterocycles. The average Bonchev–Trinajstić information content (AvgIpc) is 2.40. The number of benzene rings is 2. The van der Waals surface area contributed by atoms with E-state index in [1.165, 1.54) is 22.3 Å². The number of hydrogen-bond donors (Lipinski definition) is 0. The predicted octanol–water partition coefficient (Wildman–Crippen LogP) is 5.75. The Morgan fingerprint density at radius 3 is 1.95 bits per heavy atom. The largest absolute Gasteiger partial charge is 0.0985 e. The molecule has 0 spiro atoms. The Labute approximate surface area is 117 Å². The maximum Gasteiger partial charge on any atom is -0.0233 e. The van der Waals surface area contributed by atoms with Gasteiger partial charge in [0.25, 0.3) is 0 Å². The number of aryl methyl sites for hydroxylation is 1. The fourth-order valence-electron chi connectivity index (χ4n) is 1.70. The third-order valence-corrected chi connectivity index (χ3v) is 2.66. The third kappa shape index (κ3) is 5.87. The monoisotopic (exact) mass is 250 g/mol. The molecule has 0 heteroatoms. The van der Waals surface area contributed by atoms with E-state index < -0.39 is 0 Å². The van der Waals surface area contributed by atoms with Gasteiger partial charge < -0.3 is 0 Å². The number of rotatable bonds is 2. The Kier molecular flexibility index (Phi) is 6.38. The minimum atomic E-state index is 1.22. The molecule has 0 aromatic heterocycles. The highest BCUT2D eigenvalue weighted by Gasteiger charge is 1.86. The van der Waals surface area contributed by atoms with Gasteiger partial charge in [0.2, 0.25) is 0 Å². The normalized spacial score (nSPS) is 9.00. The van der Waals surface area contributed by atoms with Gasteiger partial charge in [0.05, 0.1) is 0 Å². The van der Waals surface area contributed by atoms with Crippen molar-refractivity contribution in [3.63, 3.8) is 0 Å². The van der Waals surface area contributed by atoms with Crippen molar-refractivity contribution >= 4 is 12.2 Å². The summed E-state index contributed by atoms with van der Waals surface area (Å²) < 4.78 is 0. The van der Waals surface area contributed by atoms with Crippen LogP contribution in [0.25, 0.3) is 12.2 Å². The molecule has 0 radical (unpaired) electrons. The number of allylic oxidation sites excluding steroid dienone is 1. The molecule has 2 aromatic carbocycles. The molecule has 19 heavy (non-hydrogen) atoms. The Bertz CT molecular complexity index is 529. The minimum absolute atomic E-state index is 1.22. The topological polar surface area (TPSA) is 0 Å². The lowest BCUT2D eigenvalue weighted by molar-refractivity contribution is 1.42. The van der Waals surface area contributed by atoms with Gasteiger partial charge in [-0.3, -0.25) is 0 Å². The van der Waals surface area contributed by atoms with Gasteiger partial charge in [0, 0.05) is 0 Å². The molecular formula is C19H22. The van der Waals surface area contributed by atoms with Gasteiger partial charge >= 0.3 is 0 Å². The fraction of sp³-hybridized carbons (Fsp3) is 0.158. The Hall–Kier alpha value is -2.08. The van der Waals surface area contributed by atoms with Crippen LogP contribution < -0.4 is 0 Å². The summed E-state index contributed by atoms with van der Waals surface area (Å²) in [7, 11) is 0. The lowest BCUT2D eigenvalue weighted by Crippen LogP contribution is -1.75. The van der Waals surface area contributed by atoms with E-state index in [1.807, 2.05) is 24.3 Å². The first-order valence-corrected chi connectivity index (χ1v) is 6.51.